The van der Waals surface area contributed by atoms with Gasteiger partial charge in [-0.2, -0.15) is 5.26 Å². The van der Waals surface area contributed by atoms with E-state index in [0.29, 0.717) is 5.03 Å². The Hall–Kier alpha value is -2.53. The van der Waals surface area contributed by atoms with Crippen LogP contribution in [0.4, 0.5) is 5.95 Å². The molecule has 0 aliphatic carbocycles. The van der Waals surface area contributed by atoms with Gasteiger partial charge in [0.1, 0.15) is 22.4 Å². The van der Waals surface area contributed by atoms with Gasteiger partial charge in [0, 0.05) is 0 Å². The zero-order chi connectivity index (χ0) is 15.4. The van der Waals surface area contributed by atoms with E-state index in [1.165, 1.54) is 17.8 Å². The molecular formula is C13H12N4O3S. The van der Waals surface area contributed by atoms with E-state index in [2.05, 4.69) is 9.97 Å². The molecule has 0 saturated heterocycles. The highest BCUT2D eigenvalue weighted by atomic mass is 32.2. The lowest BCUT2D eigenvalue weighted by atomic mass is 10.2. The fraction of sp³-hybridized carbons (Fsp3) is 0.231. The number of rotatable bonds is 4. The highest BCUT2D eigenvalue weighted by molar-refractivity contribution is 7.98. The zero-order valence-corrected chi connectivity index (χ0v) is 12.2. The van der Waals surface area contributed by atoms with E-state index in [-0.39, 0.29) is 35.3 Å². The van der Waals surface area contributed by atoms with Crippen molar-refractivity contribution in [3.8, 4) is 17.5 Å². The van der Waals surface area contributed by atoms with E-state index in [4.69, 9.17) is 14.9 Å². The maximum atomic E-state index is 11.6. The van der Waals surface area contributed by atoms with Crippen molar-refractivity contribution >= 4 is 23.7 Å². The Morgan fingerprint density at radius 1 is 1.52 bits per heavy atom. The molecule has 0 aromatic carbocycles. The number of ether oxygens (including phenoxy) is 1. The molecule has 0 bridgehead atoms. The van der Waals surface area contributed by atoms with Crippen LogP contribution < -0.4 is 5.73 Å². The lowest BCUT2D eigenvalue weighted by Crippen LogP contribution is -2.03. The lowest BCUT2D eigenvalue weighted by Gasteiger charge is -2.05. The van der Waals surface area contributed by atoms with Gasteiger partial charge in [0.15, 0.2) is 5.76 Å². The second kappa shape index (κ2) is 6.28. The number of hydrogen-bond donors (Lipinski definition) is 1. The van der Waals surface area contributed by atoms with Gasteiger partial charge in [-0.1, -0.05) is 0 Å². The van der Waals surface area contributed by atoms with Gasteiger partial charge in [-0.15, -0.1) is 11.8 Å². The van der Waals surface area contributed by atoms with Crippen LogP contribution in [-0.2, 0) is 4.74 Å². The molecular weight excluding hydrogens is 292 g/mol. The summed E-state index contributed by atoms with van der Waals surface area (Å²) in [5, 5.41) is 9.72. The summed E-state index contributed by atoms with van der Waals surface area (Å²) in [5.41, 5.74) is 6.14. The van der Waals surface area contributed by atoms with Crippen LogP contribution in [0.3, 0.4) is 0 Å². The summed E-state index contributed by atoms with van der Waals surface area (Å²) >= 11 is 1.28. The van der Waals surface area contributed by atoms with Gasteiger partial charge in [-0.25, -0.2) is 14.8 Å². The Labute approximate surface area is 125 Å². The summed E-state index contributed by atoms with van der Waals surface area (Å²) in [5.74, 6) is -0.241. The van der Waals surface area contributed by atoms with Gasteiger partial charge >= 0.3 is 5.97 Å². The number of esters is 1. The number of nitrogen functional groups attached to an aromatic ring is 1. The SMILES string of the molecule is CCOC(=O)c1ccc(-c2nc(N)nc(SC)c2C#N)o1. The molecule has 0 spiro atoms. The molecule has 2 heterocycles. The summed E-state index contributed by atoms with van der Waals surface area (Å²) in [7, 11) is 0. The zero-order valence-electron chi connectivity index (χ0n) is 11.4. The van der Waals surface area contributed by atoms with Crippen LogP contribution in [0.1, 0.15) is 23.0 Å². The lowest BCUT2D eigenvalue weighted by molar-refractivity contribution is 0.0491. The summed E-state index contributed by atoms with van der Waals surface area (Å²) in [6, 6.07) is 5.03. The Kier molecular flexibility index (Phi) is 4.45. The van der Waals surface area contributed by atoms with E-state index in [0.717, 1.165) is 0 Å². The molecule has 0 atom stereocenters. The van der Waals surface area contributed by atoms with Crippen LogP contribution in [-0.4, -0.2) is 28.8 Å². The Morgan fingerprint density at radius 3 is 2.90 bits per heavy atom. The topological polar surface area (TPSA) is 115 Å². The predicted octanol–water partition coefficient (Wildman–Crippen LogP) is 2.09. The molecule has 0 fully saturated rings. The van der Waals surface area contributed by atoms with Crippen molar-refractivity contribution in [2.75, 3.05) is 18.6 Å². The Morgan fingerprint density at radius 2 is 2.29 bits per heavy atom. The van der Waals surface area contributed by atoms with E-state index in [1.54, 1.807) is 19.2 Å². The van der Waals surface area contributed by atoms with Crippen LogP contribution in [0.15, 0.2) is 21.6 Å². The number of anilines is 1. The first-order valence-corrected chi connectivity index (χ1v) is 7.22. The first-order chi connectivity index (χ1) is 10.1. The third kappa shape index (κ3) is 2.98. The molecule has 0 saturated carbocycles. The quantitative estimate of drug-likeness (QED) is 0.518. The number of nitrogens with two attached hydrogens (primary N) is 1. The van der Waals surface area contributed by atoms with Crippen LogP contribution >= 0.6 is 11.8 Å². The van der Waals surface area contributed by atoms with Crippen molar-refractivity contribution in [2.24, 2.45) is 0 Å². The molecule has 0 unspecified atom stereocenters. The second-order valence-corrected chi connectivity index (χ2v) is 4.61. The number of carbonyl (C=O) groups excluding carboxylic acids is 1. The summed E-state index contributed by atoms with van der Waals surface area (Å²) in [6.45, 7) is 1.95. The highest BCUT2D eigenvalue weighted by Gasteiger charge is 2.19. The first-order valence-electron chi connectivity index (χ1n) is 5.99. The van der Waals surface area contributed by atoms with E-state index in [9.17, 15) is 10.1 Å². The summed E-state index contributed by atoms with van der Waals surface area (Å²) < 4.78 is 10.2. The Balaban J connectivity index is 2.50. The summed E-state index contributed by atoms with van der Waals surface area (Å²) in [6.07, 6.45) is 1.78. The molecule has 7 nitrogen and oxygen atoms in total. The van der Waals surface area contributed by atoms with E-state index < -0.39 is 5.97 Å². The van der Waals surface area contributed by atoms with Crippen LogP contribution in [0.25, 0.3) is 11.5 Å². The maximum absolute atomic E-state index is 11.6. The number of hydrogen-bond acceptors (Lipinski definition) is 8. The van der Waals surface area contributed by atoms with E-state index in [1.807, 2.05) is 6.07 Å². The van der Waals surface area contributed by atoms with Gasteiger partial charge in [-0.05, 0) is 25.3 Å². The number of carbonyl (C=O) groups is 1. The fourth-order valence-corrected chi connectivity index (χ4v) is 2.19. The molecule has 0 aliphatic rings. The van der Waals surface area contributed by atoms with Crippen molar-refractivity contribution in [1.29, 1.82) is 5.26 Å². The number of thioether (sulfide) groups is 1. The average Bonchev–Trinajstić information content (AvgIpc) is 2.96. The molecule has 2 rings (SSSR count). The molecule has 8 heteroatoms. The molecule has 21 heavy (non-hydrogen) atoms. The summed E-state index contributed by atoms with van der Waals surface area (Å²) in [4.78, 5) is 19.6. The number of aromatic nitrogens is 2. The van der Waals surface area contributed by atoms with Crippen LogP contribution in [0, 0.1) is 11.3 Å². The van der Waals surface area contributed by atoms with Gasteiger partial charge in [0.2, 0.25) is 11.7 Å². The van der Waals surface area contributed by atoms with Crippen molar-refractivity contribution in [1.82, 2.24) is 9.97 Å². The largest absolute Gasteiger partial charge is 0.460 e. The van der Waals surface area contributed by atoms with Crippen molar-refractivity contribution in [3.63, 3.8) is 0 Å². The standard InChI is InChI=1S/C13H12N4O3S/c1-3-19-12(18)9-5-4-8(20-9)10-7(6-14)11(21-2)17-13(15)16-10/h4-5H,3H2,1-2H3,(H2,15,16,17). The minimum atomic E-state index is -0.575. The van der Waals surface area contributed by atoms with E-state index >= 15 is 0 Å². The highest BCUT2D eigenvalue weighted by Crippen LogP contribution is 2.29. The third-order valence-electron chi connectivity index (χ3n) is 2.51. The van der Waals surface area contributed by atoms with Crippen molar-refractivity contribution in [3.05, 3.63) is 23.5 Å². The van der Waals surface area contributed by atoms with Crippen molar-refractivity contribution < 1.29 is 13.9 Å². The molecule has 0 aliphatic heterocycles. The number of nitrogens with zero attached hydrogens (tertiary/aromatic N) is 3. The Bertz CT molecular complexity index is 721. The molecule has 2 N–H and O–H groups in total. The van der Waals surface area contributed by atoms with Gasteiger partial charge in [-0.3, -0.25) is 0 Å². The van der Waals surface area contributed by atoms with Crippen LogP contribution in [0.2, 0.25) is 0 Å². The normalized spacial score (nSPS) is 10.1. The molecule has 2 aromatic heterocycles. The molecule has 0 amide bonds. The second-order valence-electron chi connectivity index (χ2n) is 3.81. The van der Waals surface area contributed by atoms with Crippen LogP contribution in [0.5, 0.6) is 0 Å². The number of nitriles is 1. The first kappa shape index (κ1) is 14.9. The minimum Gasteiger partial charge on any atom is -0.460 e. The van der Waals surface area contributed by atoms with Gasteiger partial charge < -0.3 is 14.9 Å². The van der Waals surface area contributed by atoms with Crippen molar-refractivity contribution in [2.45, 2.75) is 11.9 Å². The maximum Gasteiger partial charge on any atom is 0.374 e. The molecule has 0 radical (unpaired) electrons. The fourth-order valence-electron chi connectivity index (χ4n) is 1.66. The predicted molar refractivity (Wildman–Crippen MR) is 76.6 cm³/mol. The monoisotopic (exact) mass is 304 g/mol. The van der Waals surface area contributed by atoms with Gasteiger partial charge in [0.25, 0.3) is 0 Å². The minimum absolute atomic E-state index is 0.0300. The third-order valence-corrected chi connectivity index (χ3v) is 3.20. The smallest absolute Gasteiger partial charge is 0.374 e. The molecule has 2 aromatic rings. The average molecular weight is 304 g/mol. The van der Waals surface area contributed by atoms with Gasteiger partial charge in [0.05, 0.1) is 6.61 Å². The molecule has 108 valence electrons. The number of furan rings is 1.